The van der Waals surface area contributed by atoms with E-state index >= 15 is 0 Å². The minimum absolute atomic E-state index is 0.0190. The van der Waals surface area contributed by atoms with E-state index in [0.717, 1.165) is 18.2 Å². The summed E-state index contributed by atoms with van der Waals surface area (Å²) in [5.41, 5.74) is 6.30. The number of benzene rings is 1. The van der Waals surface area contributed by atoms with Gasteiger partial charge in [0.25, 0.3) is 5.56 Å². The van der Waals surface area contributed by atoms with Crippen molar-refractivity contribution in [3.8, 4) is 0 Å². The van der Waals surface area contributed by atoms with Crippen LogP contribution in [0.25, 0.3) is 10.8 Å². The molecule has 1 heterocycles. The number of hydrogen-bond acceptors (Lipinski definition) is 3. The lowest BCUT2D eigenvalue weighted by molar-refractivity contribution is 0.280. The van der Waals surface area contributed by atoms with Crippen LogP contribution in [0, 0.1) is 0 Å². The lowest BCUT2D eigenvalue weighted by Gasteiger charge is -2.26. The van der Waals surface area contributed by atoms with Gasteiger partial charge in [-0.15, -0.1) is 0 Å². The molecule has 0 unspecified atom stereocenters. The van der Waals surface area contributed by atoms with Crippen LogP contribution in [0.2, 0.25) is 0 Å². The van der Waals surface area contributed by atoms with Crippen molar-refractivity contribution in [3.63, 3.8) is 0 Å². The average molecular weight is 215 g/mol. The third-order valence-electron chi connectivity index (χ3n) is 3.26. The average Bonchev–Trinajstić information content (AvgIpc) is 2.20. The molecule has 1 aliphatic rings. The first-order chi connectivity index (χ1) is 7.75. The van der Waals surface area contributed by atoms with Crippen molar-refractivity contribution in [3.05, 3.63) is 34.7 Å². The normalized spacial score (nSPS) is 16.2. The lowest BCUT2D eigenvalue weighted by atomic mass is 9.93. The van der Waals surface area contributed by atoms with E-state index in [-0.39, 0.29) is 5.56 Å². The second-order valence-electron chi connectivity index (χ2n) is 4.33. The van der Waals surface area contributed by atoms with Crippen molar-refractivity contribution < 1.29 is 0 Å². The Labute approximate surface area is 92.7 Å². The Morgan fingerprint density at radius 1 is 1.38 bits per heavy atom. The Hall–Kier alpha value is -1.84. The Kier molecular flexibility index (Phi) is 1.96. The van der Waals surface area contributed by atoms with Crippen molar-refractivity contribution in [2.24, 2.45) is 0 Å². The van der Waals surface area contributed by atoms with Gasteiger partial charge in [-0.25, -0.2) is 4.68 Å². The molecular weight excluding hydrogens is 202 g/mol. The fourth-order valence-electron chi connectivity index (χ4n) is 2.06. The maximum absolute atomic E-state index is 12.2. The van der Waals surface area contributed by atoms with Crippen molar-refractivity contribution in [1.82, 2.24) is 9.78 Å². The van der Waals surface area contributed by atoms with E-state index in [1.54, 1.807) is 23.0 Å². The number of fused-ring (bicyclic) bond motifs is 1. The first-order valence-corrected chi connectivity index (χ1v) is 5.53. The minimum atomic E-state index is -0.0190. The van der Waals surface area contributed by atoms with Gasteiger partial charge >= 0.3 is 0 Å². The van der Waals surface area contributed by atoms with Crippen LogP contribution in [-0.4, -0.2) is 9.78 Å². The standard InChI is InChI=1S/C12H13N3O/c13-9-5-4-8-7-14-15(10-2-1-3-10)12(16)11(8)6-9/h4-7,10H,1-3,13H2. The highest BCUT2D eigenvalue weighted by Gasteiger charge is 2.21. The van der Waals surface area contributed by atoms with Gasteiger partial charge in [-0.05, 0) is 31.4 Å². The van der Waals surface area contributed by atoms with E-state index in [0.29, 0.717) is 17.1 Å². The summed E-state index contributed by atoms with van der Waals surface area (Å²) >= 11 is 0. The predicted octanol–water partition coefficient (Wildman–Crippen LogP) is 1.70. The molecule has 1 fully saturated rings. The molecule has 82 valence electrons. The third kappa shape index (κ3) is 1.30. The van der Waals surface area contributed by atoms with Crippen LogP contribution >= 0.6 is 0 Å². The Morgan fingerprint density at radius 3 is 2.88 bits per heavy atom. The molecule has 3 rings (SSSR count). The fraction of sp³-hybridized carbons (Fsp3) is 0.333. The molecule has 1 aliphatic carbocycles. The van der Waals surface area contributed by atoms with Gasteiger partial charge in [-0.3, -0.25) is 4.79 Å². The highest BCUT2D eigenvalue weighted by atomic mass is 16.1. The van der Waals surface area contributed by atoms with Gasteiger partial charge < -0.3 is 5.73 Å². The number of nitrogens with two attached hydrogens (primary N) is 1. The number of nitrogens with zero attached hydrogens (tertiary/aromatic N) is 2. The molecule has 0 spiro atoms. The Balaban J connectivity index is 2.25. The Morgan fingerprint density at radius 2 is 2.19 bits per heavy atom. The molecule has 1 saturated carbocycles. The smallest absolute Gasteiger partial charge is 0.274 e. The van der Waals surface area contributed by atoms with E-state index in [2.05, 4.69) is 5.10 Å². The SMILES string of the molecule is Nc1ccc2cnn(C3CCC3)c(=O)c2c1. The lowest BCUT2D eigenvalue weighted by Crippen LogP contribution is -2.30. The fourth-order valence-corrected chi connectivity index (χ4v) is 2.06. The predicted molar refractivity (Wildman–Crippen MR) is 63.3 cm³/mol. The topological polar surface area (TPSA) is 60.9 Å². The molecule has 4 heteroatoms. The van der Waals surface area contributed by atoms with E-state index < -0.39 is 0 Å². The minimum Gasteiger partial charge on any atom is -0.399 e. The Bertz CT molecular complexity index is 599. The van der Waals surface area contributed by atoms with Crippen LogP contribution in [0.1, 0.15) is 25.3 Å². The van der Waals surface area contributed by atoms with Gasteiger partial charge in [-0.1, -0.05) is 6.07 Å². The molecule has 0 radical (unpaired) electrons. The zero-order valence-corrected chi connectivity index (χ0v) is 8.89. The molecular formula is C12H13N3O. The van der Waals surface area contributed by atoms with Crippen molar-refractivity contribution >= 4 is 16.5 Å². The van der Waals surface area contributed by atoms with Crippen LogP contribution in [0.3, 0.4) is 0 Å². The molecule has 0 amide bonds. The van der Waals surface area contributed by atoms with Crippen molar-refractivity contribution in [2.75, 3.05) is 5.73 Å². The summed E-state index contributed by atoms with van der Waals surface area (Å²) in [6, 6.07) is 5.65. The zero-order valence-electron chi connectivity index (χ0n) is 8.89. The number of anilines is 1. The second-order valence-corrected chi connectivity index (χ2v) is 4.33. The van der Waals surface area contributed by atoms with Crippen LogP contribution in [0.15, 0.2) is 29.2 Å². The van der Waals surface area contributed by atoms with E-state index in [4.69, 9.17) is 5.73 Å². The maximum atomic E-state index is 12.2. The quantitative estimate of drug-likeness (QED) is 0.736. The maximum Gasteiger partial charge on any atom is 0.274 e. The van der Waals surface area contributed by atoms with E-state index in [9.17, 15) is 4.79 Å². The number of hydrogen-bond donors (Lipinski definition) is 1. The first-order valence-electron chi connectivity index (χ1n) is 5.53. The highest BCUT2D eigenvalue weighted by Crippen LogP contribution is 2.29. The van der Waals surface area contributed by atoms with Crippen LogP contribution < -0.4 is 11.3 Å². The number of rotatable bonds is 1. The number of aromatic nitrogens is 2. The summed E-state index contributed by atoms with van der Waals surface area (Å²) in [6.07, 6.45) is 5.05. The van der Waals surface area contributed by atoms with Gasteiger partial charge in [0.05, 0.1) is 17.6 Å². The van der Waals surface area contributed by atoms with Gasteiger partial charge in [0.15, 0.2) is 0 Å². The molecule has 0 aliphatic heterocycles. The summed E-state index contributed by atoms with van der Waals surface area (Å²) in [5.74, 6) is 0. The molecule has 4 nitrogen and oxygen atoms in total. The molecule has 2 aromatic rings. The molecule has 16 heavy (non-hydrogen) atoms. The van der Waals surface area contributed by atoms with Gasteiger partial charge in [0.1, 0.15) is 0 Å². The third-order valence-corrected chi connectivity index (χ3v) is 3.26. The van der Waals surface area contributed by atoms with Crippen LogP contribution in [-0.2, 0) is 0 Å². The van der Waals surface area contributed by atoms with Gasteiger partial charge in [-0.2, -0.15) is 5.10 Å². The molecule has 2 N–H and O–H groups in total. The van der Waals surface area contributed by atoms with E-state index in [1.807, 2.05) is 6.07 Å². The largest absolute Gasteiger partial charge is 0.399 e. The monoisotopic (exact) mass is 215 g/mol. The summed E-state index contributed by atoms with van der Waals surface area (Å²) in [6.45, 7) is 0. The van der Waals surface area contributed by atoms with Gasteiger partial charge in [0, 0.05) is 11.1 Å². The van der Waals surface area contributed by atoms with Crippen LogP contribution in [0.4, 0.5) is 5.69 Å². The van der Waals surface area contributed by atoms with Gasteiger partial charge in [0.2, 0.25) is 0 Å². The second kappa shape index (κ2) is 3.33. The molecule has 0 atom stereocenters. The zero-order chi connectivity index (χ0) is 11.1. The molecule has 1 aromatic carbocycles. The van der Waals surface area contributed by atoms with E-state index in [1.165, 1.54) is 6.42 Å². The summed E-state index contributed by atoms with van der Waals surface area (Å²) < 4.78 is 1.60. The highest BCUT2D eigenvalue weighted by molar-refractivity contribution is 5.83. The van der Waals surface area contributed by atoms with Crippen molar-refractivity contribution in [1.29, 1.82) is 0 Å². The summed E-state index contributed by atoms with van der Waals surface area (Å²) in [7, 11) is 0. The molecule has 0 bridgehead atoms. The molecule has 0 saturated heterocycles. The number of nitrogen functional groups attached to an aromatic ring is 1. The van der Waals surface area contributed by atoms with Crippen LogP contribution in [0.5, 0.6) is 0 Å². The molecule has 1 aromatic heterocycles. The summed E-state index contributed by atoms with van der Waals surface area (Å²) in [4.78, 5) is 12.2. The van der Waals surface area contributed by atoms with Crippen molar-refractivity contribution in [2.45, 2.75) is 25.3 Å². The first kappa shape index (κ1) is 9.39. The summed E-state index contributed by atoms with van der Waals surface area (Å²) in [5, 5.41) is 5.75.